The predicted molar refractivity (Wildman–Crippen MR) is 72.4 cm³/mol. The van der Waals surface area contributed by atoms with Crippen molar-refractivity contribution in [3.8, 4) is 11.5 Å². The van der Waals surface area contributed by atoms with Gasteiger partial charge in [-0.25, -0.2) is 4.98 Å². The molecule has 1 aromatic carbocycles. The highest BCUT2D eigenvalue weighted by Crippen LogP contribution is 2.25. The first-order valence-corrected chi connectivity index (χ1v) is 6.39. The van der Waals surface area contributed by atoms with Gasteiger partial charge < -0.3 is 15.9 Å². The number of aromatic nitrogens is 1. The maximum atomic E-state index is 11.9. The lowest BCUT2D eigenvalue weighted by atomic mass is 10.2. The number of phenols is 2. The van der Waals surface area contributed by atoms with E-state index in [1.807, 2.05) is 0 Å². The van der Waals surface area contributed by atoms with E-state index in [0.717, 1.165) is 6.07 Å². The Kier molecular flexibility index (Phi) is 3.68. The number of thiazole rings is 1. The lowest BCUT2D eigenvalue weighted by Crippen LogP contribution is -2.12. The Bertz CT molecular complexity index is 610. The lowest BCUT2D eigenvalue weighted by molar-refractivity contribution is 0.102. The molecule has 1 unspecified atom stereocenters. The first-order valence-electron chi connectivity index (χ1n) is 5.51. The molecule has 0 bridgehead atoms. The Morgan fingerprint density at radius 1 is 1.47 bits per heavy atom. The first kappa shape index (κ1) is 13.3. The molecule has 0 aliphatic carbocycles. The van der Waals surface area contributed by atoms with E-state index in [1.54, 1.807) is 12.3 Å². The van der Waals surface area contributed by atoms with Gasteiger partial charge in [-0.2, -0.15) is 0 Å². The highest BCUT2D eigenvalue weighted by molar-refractivity contribution is 7.14. The maximum Gasteiger partial charge on any atom is 0.261 e. The molecule has 1 heterocycles. The van der Waals surface area contributed by atoms with Crippen LogP contribution in [0.4, 0.5) is 5.13 Å². The van der Waals surface area contributed by atoms with E-state index in [9.17, 15) is 9.90 Å². The number of nitrogens with two attached hydrogens (primary N) is 1. The molecular weight excluding hydrogens is 266 g/mol. The normalized spacial score (nSPS) is 12.1. The monoisotopic (exact) mass is 279 g/mol. The minimum Gasteiger partial charge on any atom is -0.508 e. The fourth-order valence-electron chi connectivity index (χ4n) is 1.43. The Balaban J connectivity index is 2.16. The van der Waals surface area contributed by atoms with E-state index >= 15 is 0 Å². The van der Waals surface area contributed by atoms with Gasteiger partial charge in [0.15, 0.2) is 5.13 Å². The summed E-state index contributed by atoms with van der Waals surface area (Å²) in [7, 11) is 0. The second-order valence-corrected chi connectivity index (χ2v) is 4.88. The molecule has 100 valence electrons. The number of hydrogen-bond donors (Lipinski definition) is 4. The standard InChI is InChI=1S/C12H13N3O3S/c1-6(13)9-5-19-12(14-9)15-11(18)8-3-2-7(16)4-10(8)17/h2-6,16-17H,13H2,1H3,(H,14,15,18). The van der Waals surface area contributed by atoms with Crippen molar-refractivity contribution in [1.82, 2.24) is 4.98 Å². The molecule has 1 aromatic heterocycles. The fourth-order valence-corrected chi connectivity index (χ4v) is 2.24. The van der Waals surface area contributed by atoms with E-state index in [2.05, 4.69) is 10.3 Å². The maximum absolute atomic E-state index is 11.9. The number of rotatable bonds is 3. The summed E-state index contributed by atoms with van der Waals surface area (Å²) in [5, 5.41) is 23.5. The van der Waals surface area contributed by atoms with Crippen molar-refractivity contribution in [2.45, 2.75) is 13.0 Å². The Morgan fingerprint density at radius 2 is 2.21 bits per heavy atom. The summed E-state index contributed by atoms with van der Waals surface area (Å²) in [6.07, 6.45) is 0. The van der Waals surface area contributed by atoms with Gasteiger partial charge in [0, 0.05) is 17.5 Å². The molecule has 0 aliphatic rings. The molecule has 1 atom stereocenters. The van der Waals surface area contributed by atoms with E-state index in [1.165, 1.54) is 23.5 Å². The molecule has 0 saturated carbocycles. The average Bonchev–Trinajstić information content (AvgIpc) is 2.77. The fraction of sp³-hybridized carbons (Fsp3) is 0.167. The van der Waals surface area contributed by atoms with Crippen LogP contribution in [0, 0.1) is 0 Å². The zero-order valence-electron chi connectivity index (χ0n) is 10.1. The molecule has 7 heteroatoms. The van der Waals surface area contributed by atoms with Crippen LogP contribution in [0.3, 0.4) is 0 Å². The highest BCUT2D eigenvalue weighted by atomic mass is 32.1. The van der Waals surface area contributed by atoms with E-state index in [-0.39, 0.29) is 23.1 Å². The van der Waals surface area contributed by atoms with Gasteiger partial charge in [0.25, 0.3) is 5.91 Å². The van der Waals surface area contributed by atoms with Crippen molar-refractivity contribution in [3.63, 3.8) is 0 Å². The summed E-state index contributed by atoms with van der Waals surface area (Å²) < 4.78 is 0. The molecule has 0 spiro atoms. The number of carbonyl (C=O) groups excluding carboxylic acids is 1. The van der Waals surface area contributed by atoms with Gasteiger partial charge in [0.1, 0.15) is 11.5 Å². The number of nitrogens with zero attached hydrogens (tertiary/aromatic N) is 1. The first-order chi connectivity index (χ1) is 8.97. The van der Waals surface area contributed by atoms with Gasteiger partial charge in [-0.3, -0.25) is 10.1 Å². The third-order valence-corrected chi connectivity index (χ3v) is 3.21. The van der Waals surface area contributed by atoms with E-state index in [4.69, 9.17) is 10.8 Å². The third-order valence-electron chi connectivity index (χ3n) is 2.43. The molecule has 6 nitrogen and oxygen atoms in total. The Morgan fingerprint density at radius 3 is 2.79 bits per heavy atom. The van der Waals surface area contributed by atoms with Crippen LogP contribution < -0.4 is 11.1 Å². The van der Waals surface area contributed by atoms with Crippen molar-refractivity contribution in [2.75, 3.05) is 5.32 Å². The van der Waals surface area contributed by atoms with Gasteiger partial charge in [-0.1, -0.05) is 0 Å². The highest BCUT2D eigenvalue weighted by Gasteiger charge is 2.14. The predicted octanol–water partition coefficient (Wildman–Crippen LogP) is 1.83. The van der Waals surface area contributed by atoms with Crippen LogP contribution in [-0.4, -0.2) is 21.1 Å². The van der Waals surface area contributed by atoms with Gasteiger partial charge >= 0.3 is 0 Å². The second kappa shape index (κ2) is 5.25. The third kappa shape index (κ3) is 3.01. The molecule has 5 N–H and O–H groups in total. The van der Waals surface area contributed by atoms with Crippen molar-refractivity contribution < 1.29 is 15.0 Å². The molecule has 2 rings (SSSR count). The summed E-state index contributed by atoms with van der Waals surface area (Å²) in [6, 6.07) is 3.55. The minimum absolute atomic E-state index is 0.0651. The minimum atomic E-state index is -0.497. The number of benzene rings is 1. The quantitative estimate of drug-likeness (QED) is 0.685. The zero-order valence-corrected chi connectivity index (χ0v) is 10.9. The average molecular weight is 279 g/mol. The number of aromatic hydroxyl groups is 2. The Hall–Kier alpha value is -2.12. The molecule has 2 aromatic rings. The molecule has 19 heavy (non-hydrogen) atoms. The van der Waals surface area contributed by atoms with Crippen molar-refractivity contribution in [2.24, 2.45) is 5.73 Å². The molecular formula is C12H13N3O3S. The van der Waals surface area contributed by atoms with Crippen LogP contribution >= 0.6 is 11.3 Å². The van der Waals surface area contributed by atoms with Gasteiger partial charge in [-0.05, 0) is 19.1 Å². The van der Waals surface area contributed by atoms with Crippen molar-refractivity contribution >= 4 is 22.4 Å². The van der Waals surface area contributed by atoms with E-state index in [0.29, 0.717) is 10.8 Å². The molecule has 1 amide bonds. The number of carbonyl (C=O) groups is 1. The SMILES string of the molecule is CC(N)c1csc(NC(=O)c2ccc(O)cc2O)n1. The van der Waals surface area contributed by atoms with Crippen LogP contribution in [-0.2, 0) is 0 Å². The van der Waals surface area contributed by atoms with Crippen molar-refractivity contribution in [3.05, 3.63) is 34.8 Å². The number of hydrogen-bond acceptors (Lipinski definition) is 6. The van der Waals surface area contributed by atoms with Crippen LogP contribution in [0.1, 0.15) is 29.0 Å². The number of amides is 1. The summed E-state index contributed by atoms with van der Waals surface area (Å²) in [4.78, 5) is 16.1. The summed E-state index contributed by atoms with van der Waals surface area (Å²) in [5.74, 6) is -0.896. The zero-order chi connectivity index (χ0) is 14.0. The van der Waals surface area contributed by atoms with E-state index < -0.39 is 5.91 Å². The summed E-state index contributed by atoms with van der Waals surface area (Å²) in [6.45, 7) is 1.80. The van der Waals surface area contributed by atoms with Crippen LogP contribution in [0.2, 0.25) is 0 Å². The van der Waals surface area contributed by atoms with Gasteiger partial charge in [-0.15, -0.1) is 11.3 Å². The van der Waals surface area contributed by atoms with Gasteiger partial charge in [0.05, 0.1) is 11.3 Å². The van der Waals surface area contributed by atoms with Gasteiger partial charge in [0.2, 0.25) is 0 Å². The molecule has 0 aliphatic heterocycles. The van der Waals surface area contributed by atoms with Crippen LogP contribution in [0.15, 0.2) is 23.6 Å². The summed E-state index contributed by atoms with van der Waals surface area (Å²) in [5.41, 5.74) is 6.43. The number of anilines is 1. The second-order valence-electron chi connectivity index (χ2n) is 4.02. The van der Waals surface area contributed by atoms with Crippen molar-refractivity contribution in [1.29, 1.82) is 0 Å². The number of nitrogens with one attached hydrogen (secondary N) is 1. The number of phenolic OH excluding ortho intramolecular Hbond substituents is 2. The smallest absolute Gasteiger partial charge is 0.261 e. The molecule has 0 radical (unpaired) electrons. The topological polar surface area (TPSA) is 108 Å². The molecule has 0 saturated heterocycles. The Labute approximate surface area is 113 Å². The molecule has 0 fully saturated rings. The largest absolute Gasteiger partial charge is 0.508 e. The lowest BCUT2D eigenvalue weighted by Gasteiger charge is -2.04. The summed E-state index contributed by atoms with van der Waals surface area (Å²) >= 11 is 1.26. The van der Waals surface area contributed by atoms with Crippen LogP contribution in [0.25, 0.3) is 0 Å². The van der Waals surface area contributed by atoms with Crippen LogP contribution in [0.5, 0.6) is 11.5 Å².